The van der Waals surface area contributed by atoms with Crippen LogP contribution in [-0.2, 0) is 10.2 Å². The van der Waals surface area contributed by atoms with Gasteiger partial charge in [0.1, 0.15) is 0 Å². The van der Waals surface area contributed by atoms with Gasteiger partial charge < -0.3 is 10.7 Å². The van der Waals surface area contributed by atoms with Crippen LogP contribution in [-0.4, -0.2) is 32.6 Å². The third-order valence-electron chi connectivity index (χ3n) is 3.48. The van der Waals surface area contributed by atoms with Gasteiger partial charge in [-0.05, 0) is 26.0 Å². The van der Waals surface area contributed by atoms with Gasteiger partial charge in [0.2, 0.25) is 11.1 Å². The van der Waals surface area contributed by atoms with E-state index in [0.29, 0.717) is 11.0 Å². The molecule has 2 rings (SSSR count). The van der Waals surface area contributed by atoms with E-state index in [1.54, 1.807) is 4.90 Å². The summed E-state index contributed by atoms with van der Waals surface area (Å²) in [6, 6.07) is 9.74. The summed E-state index contributed by atoms with van der Waals surface area (Å²) in [6.07, 6.45) is 0. The quantitative estimate of drug-likeness (QED) is 0.665. The first-order chi connectivity index (χ1) is 11.2. The summed E-state index contributed by atoms with van der Waals surface area (Å²) in [4.78, 5) is 14.5. The van der Waals surface area contributed by atoms with Crippen molar-refractivity contribution in [1.82, 2.24) is 14.9 Å². The average Bonchev–Trinajstić information content (AvgIpc) is 2.87. The van der Waals surface area contributed by atoms with Crippen molar-refractivity contribution < 1.29 is 4.79 Å². The molecular weight excluding hydrogens is 322 g/mol. The van der Waals surface area contributed by atoms with Crippen molar-refractivity contribution in [2.24, 2.45) is 0 Å². The topological polar surface area (TPSA) is 77.0 Å². The van der Waals surface area contributed by atoms with Crippen molar-refractivity contribution in [3.63, 3.8) is 0 Å². The fourth-order valence-corrected chi connectivity index (χ4v) is 3.12. The number of amides is 1. The van der Waals surface area contributed by atoms with Crippen molar-refractivity contribution in [2.75, 3.05) is 16.5 Å². The number of nitrogens with zero attached hydrogens (tertiary/aromatic N) is 4. The molecule has 0 saturated carbocycles. The zero-order chi connectivity index (χ0) is 17.9. The van der Waals surface area contributed by atoms with Gasteiger partial charge in [0.25, 0.3) is 0 Å². The second-order valence-corrected chi connectivity index (χ2v) is 7.85. The minimum Gasteiger partial charge on any atom is -0.336 e. The molecule has 2 N–H and O–H groups in total. The van der Waals surface area contributed by atoms with Crippen LogP contribution in [0.25, 0.3) is 0 Å². The number of para-hydroxylation sites is 1. The largest absolute Gasteiger partial charge is 0.336 e. The summed E-state index contributed by atoms with van der Waals surface area (Å²) in [6.45, 7) is 10.1. The number of anilines is 1. The van der Waals surface area contributed by atoms with E-state index in [2.05, 4.69) is 10.2 Å². The van der Waals surface area contributed by atoms with Gasteiger partial charge in [-0.1, -0.05) is 50.7 Å². The highest BCUT2D eigenvalue weighted by Crippen LogP contribution is 2.24. The average molecular weight is 347 g/mol. The minimum absolute atomic E-state index is 0.0153. The Morgan fingerprint density at radius 1 is 1.25 bits per heavy atom. The molecule has 0 bridgehead atoms. The zero-order valence-corrected chi connectivity index (χ0v) is 15.7. The molecule has 1 aromatic carbocycles. The van der Waals surface area contributed by atoms with Crippen LogP contribution in [0.1, 0.15) is 40.4 Å². The predicted octanol–water partition coefficient (Wildman–Crippen LogP) is 2.82. The molecule has 0 atom stereocenters. The Morgan fingerprint density at radius 2 is 1.88 bits per heavy atom. The summed E-state index contributed by atoms with van der Waals surface area (Å²) >= 11 is 1.31. The number of nitrogens with two attached hydrogens (primary N) is 1. The van der Waals surface area contributed by atoms with E-state index in [-0.39, 0.29) is 23.1 Å². The number of nitrogen functional groups attached to an aromatic ring is 1. The molecule has 0 aliphatic rings. The van der Waals surface area contributed by atoms with Gasteiger partial charge in [0, 0.05) is 17.1 Å². The van der Waals surface area contributed by atoms with Crippen molar-refractivity contribution in [1.29, 1.82) is 0 Å². The lowest BCUT2D eigenvalue weighted by atomic mass is 9.96. The number of carbonyl (C=O) groups is 1. The van der Waals surface area contributed by atoms with Gasteiger partial charge in [0.15, 0.2) is 5.82 Å². The molecule has 1 aromatic heterocycles. The second kappa shape index (κ2) is 7.25. The molecule has 0 aliphatic heterocycles. The molecule has 1 amide bonds. The van der Waals surface area contributed by atoms with Crippen LogP contribution in [0, 0.1) is 0 Å². The summed E-state index contributed by atoms with van der Waals surface area (Å²) in [5.74, 6) is 7.04. The summed E-state index contributed by atoms with van der Waals surface area (Å²) in [5.41, 5.74) is 0.696. The van der Waals surface area contributed by atoms with Crippen LogP contribution in [0.15, 0.2) is 35.5 Å². The Labute approximate surface area is 147 Å². The SMILES string of the molecule is CC(C)N(C(=O)CSc1nnc(C(C)(C)C)n1N)c1ccccc1. The Balaban J connectivity index is 2.11. The van der Waals surface area contributed by atoms with Gasteiger partial charge in [-0.2, -0.15) is 0 Å². The highest BCUT2D eigenvalue weighted by Gasteiger charge is 2.24. The fourth-order valence-electron chi connectivity index (χ4n) is 2.40. The first kappa shape index (κ1) is 18.3. The van der Waals surface area contributed by atoms with Crippen molar-refractivity contribution in [3.8, 4) is 0 Å². The van der Waals surface area contributed by atoms with Crippen LogP contribution in [0.4, 0.5) is 5.69 Å². The van der Waals surface area contributed by atoms with Gasteiger partial charge in [-0.15, -0.1) is 10.2 Å². The lowest BCUT2D eigenvalue weighted by Gasteiger charge is -2.26. The molecule has 0 radical (unpaired) electrons. The fraction of sp³-hybridized carbons (Fsp3) is 0.471. The number of rotatable bonds is 5. The molecule has 0 unspecified atom stereocenters. The van der Waals surface area contributed by atoms with Gasteiger partial charge in [-0.3, -0.25) is 4.79 Å². The maximum atomic E-state index is 12.7. The normalized spacial score (nSPS) is 11.8. The van der Waals surface area contributed by atoms with Crippen molar-refractivity contribution in [3.05, 3.63) is 36.2 Å². The van der Waals surface area contributed by atoms with E-state index in [9.17, 15) is 4.79 Å². The van der Waals surface area contributed by atoms with E-state index in [0.717, 1.165) is 5.69 Å². The van der Waals surface area contributed by atoms with E-state index in [1.165, 1.54) is 16.4 Å². The van der Waals surface area contributed by atoms with Crippen LogP contribution in [0.5, 0.6) is 0 Å². The highest BCUT2D eigenvalue weighted by molar-refractivity contribution is 7.99. The molecule has 0 saturated heterocycles. The molecule has 130 valence electrons. The van der Waals surface area contributed by atoms with Crippen molar-refractivity contribution >= 4 is 23.4 Å². The lowest BCUT2D eigenvalue weighted by Crippen LogP contribution is -2.38. The first-order valence-electron chi connectivity index (χ1n) is 7.92. The first-order valence-corrected chi connectivity index (χ1v) is 8.91. The van der Waals surface area contributed by atoms with Crippen LogP contribution < -0.4 is 10.7 Å². The van der Waals surface area contributed by atoms with E-state index < -0.39 is 0 Å². The minimum atomic E-state index is -0.196. The summed E-state index contributed by atoms with van der Waals surface area (Å²) in [5, 5.41) is 8.80. The molecule has 1 heterocycles. The predicted molar refractivity (Wildman–Crippen MR) is 98.7 cm³/mol. The number of aromatic nitrogens is 3. The Hall–Kier alpha value is -2.02. The van der Waals surface area contributed by atoms with Crippen LogP contribution in [0.3, 0.4) is 0 Å². The maximum absolute atomic E-state index is 12.7. The summed E-state index contributed by atoms with van der Waals surface area (Å²) < 4.78 is 1.47. The molecule has 2 aromatic rings. The molecule has 0 aliphatic carbocycles. The van der Waals surface area contributed by atoms with E-state index in [1.807, 2.05) is 65.0 Å². The highest BCUT2D eigenvalue weighted by atomic mass is 32.2. The lowest BCUT2D eigenvalue weighted by molar-refractivity contribution is -0.116. The van der Waals surface area contributed by atoms with Gasteiger partial charge >= 0.3 is 0 Å². The van der Waals surface area contributed by atoms with Crippen LogP contribution >= 0.6 is 11.8 Å². The second-order valence-electron chi connectivity index (χ2n) is 6.91. The number of carbonyl (C=O) groups excluding carboxylic acids is 1. The van der Waals surface area contributed by atoms with Gasteiger partial charge in [0.05, 0.1) is 5.75 Å². The number of benzene rings is 1. The van der Waals surface area contributed by atoms with E-state index in [4.69, 9.17) is 5.84 Å². The number of thioether (sulfide) groups is 1. The Kier molecular flexibility index (Phi) is 5.54. The Morgan fingerprint density at radius 3 is 2.38 bits per heavy atom. The van der Waals surface area contributed by atoms with E-state index >= 15 is 0 Å². The number of hydrogen-bond acceptors (Lipinski definition) is 5. The Bertz CT molecular complexity index is 691. The molecule has 0 fully saturated rings. The monoisotopic (exact) mass is 347 g/mol. The third kappa shape index (κ3) is 4.08. The summed E-state index contributed by atoms with van der Waals surface area (Å²) in [7, 11) is 0. The molecule has 24 heavy (non-hydrogen) atoms. The molecule has 0 spiro atoms. The maximum Gasteiger partial charge on any atom is 0.237 e. The smallest absolute Gasteiger partial charge is 0.237 e. The third-order valence-corrected chi connectivity index (χ3v) is 4.41. The molecule has 7 heteroatoms. The van der Waals surface area contributed by atoms with Gasteiger partial charge in [-0.25, -0.2) is 4.68 Å². The van der Waals surface area contributed by atoms with Crippen molar-refractivity contribution in [2.45, 2.75) is 51.2 Å². The number of hydrogen-bond donors (Lipinski definition) is 1. The molecule has 6 nitrogen and oxygen atoms in total. The molecular formula is C17H25N5OS. The van der Waals surface area contributed by atoms with Crippen LogP contribution in [0.2, 0.25) is 0 Å². The standard InChI is InChI=1S/C17H25N5OS/c1-12(2)21(13-9-7-6-8-10-13)14(23)11-24-16-20-19-15(22(16)18)17(3,4)5/h6-10,12H,11,18H2,1-5H3. The zero-order valence-electron chi connectivity index (χ0n) is 14.9.